The lowest BCUT2D eigenvalue weighted by atomic mass is 9.84. The molecule has 5 nitrogen and oxygen atoms in total. The fraction of sp³-hybridized carbons (Fsp3) is 0.500. The van der Waals surface area contributed by atoms with Gasteiger partial charge in [-0.1, -0.05) is 12.1 Å². The van der Waals surface area contributed by atoms with Crippen molar-refractivity contribution in [3.63, 3.8) is 0 Å². The molecule has 1 aromatic carbocycles. The van der Waals surface area contributed by atoms with Crippen LogP contribution in [0.2, 0.25) is 0 Å². The average molecular weight is 289 g/mol. The SMILES string of the molecule is O=C(Cc1ccc(O)cc1)NC1C2CCC(C2)C1C(=O)O. The Labute approximate surface area is 123 Å². The fourth-order valence-electron chi connectivity index (χ4n) is 3.89. The molecule has 2 fully saturated rings. The molecule has 1 amide bonds. The number of carbonyl (C=O) groups is 2. The summed E-state index contributed by atoms with van der Waals surface area (Å²) < 4.78 is 0. The number of hydrogen-bond acceptors (Lipinski definition) is 3. The maximum Gasteiger partial charge on any atom is 0.308 e. The molecule has 4 atom stereocenters. The first-order chi connectivity index (χ1) is 10.0. The molecule has 0 saturated heterocycles. The van der Waals surface area contributed by atoms with Crippen molar-refractivity contribution in [1.82, 2.24) is 5.32 Å². The van der Waals surface area contributed by atoms with E-state index in [-0.39, 0.29) is 30.0 Å². The molecule has 0 heterocycles. The van der Waals surface area contributed by atoms with Gasteiger partial charge in [0, 0.05) is 6.04 Å². The summed E-state index contributed by atoms with van der Waals surface area (Å²) in [7, 11) is 0. The largest absolute Gasteiger partial charge is 0.508 e. The zero-order valence-corrected chi connectivity index (χ0v) is 11.7. The summed E-state index contributed by atoms with van der Waals surface area (Å²) in [5.74, 6) is -0.696. The number of carboxylic acid groups (broad SMARTS) is 1. The molecule has 3 rings (SSSR count). The summed E-state index contributed by atoms with van der Waals surface area (Å²) >= 11 is 0. The van der Waals surface area contributed by atoms with Crippen LogP contribution in [0.1, 0.15) is 24.8 Å². The van der Waals surface area contributed by atoms with E-state index < -0.39 is 11.9 Å². The van der Waals surface area contributed by atoms with E-state index in [1.165, 1.54) is 0 Å². The van der Waals surface area contributed by atoms with E-state index in [1.807, 2.05) is 0 Å². The van der Waals surface area contributed by atoms with E-state index in [4.69, 9.17) is 0 Å². The van der Waals surface area contributed by atoms with E-state index in [1.54, 1.807) is 24.3 Å². The van der Waals surface area contributed by atoms with Crippen LogP contribution in [0.3, 0.4) is 0 Å². The van der Waals surface area contributed by atoms with Crippen molar-refractivity contribution < 1.29 is 19.8 Å². The minimum Gasteiger partial charge on any atom is -0.508 e. The molecular formula is C16H19NO4. The molecule has 0 spiro atoms. The molecule has 4 unspecified atom stereocenters. The molecule has 2 bridgehead atoms. The molecule has 3 N–H and O–H groups in total. The molecule has 1 aromatic rings. The summed E-state index contributed by atoms with van der Waals surface area (Å²) in [5, 5.41) is 21.5. The smallest absolute Gasteiger partial charge is 0.308 e. The van der Waals surface area contributed by atoms with Gasteiger partial charge in [-0.2, -0.15) is 0 Å². The Kier molecular flexibility index (Phi) is 3.57. The monoisotopic (exact) mass is 289 g/mol. The third-order valence-electron chi connectivity index (χ3n) is 4.83. The van der Waals surface area contributed by atoms with Crippen molar-refractivity contribution >= 4 is 11.9 Å². The second-order valence-corrected chi connectivity index (χ2v) is 6.13. The Morgan fingerprint density at radius 2 is 1.81 bits per heavy atom. The first kappa shape index (κ1) is 13.9. The third-order valence-corrected chi connectivity index (χ3v) is 4.83. The summed E-state index contributed by atoms with van der Waals surface area (Å²) in [6, 6.07) is 6.25. The van der Waals surface area contributed by atoms with Crippen LogP contribution in [-0.4, -0.2) is 28.1 Å². The quantitative estimate of drug-likeness (QED) is 0.785. The Balaban J connectivity index is 1.64. The highest BCUT2D eigenvalue weighted by molar-refractivity contribution is 5.80. The van der Waals surface area contributed by atoms with Crippen molar-refractivity contribution in [2.75, 3.05) is 0 Å². The molecule has 5 heteroatoms. The molecule has 2 aliphatic carbocycles. The number of benzene rings is 1. The van der Waals surface area contributed by atoms with E-state index in [0.29, 0.717) is 5.92 Å². The van der Waals surface area contributed by atoms with E-state index in [0.717, 1.165) is 24.8 Å². The number of fused-ring (bicyclic) bond motifs is 2. The maximum absolute atomic E-state index is 12.1. The molecule has 0 radical (unpaired) electrons. The second kappa shape index (κ2) is 5.39. The Bertz CT molecular complexity index is 554. The summed E-state index contributed by atoms with van der Waals surface area (Å²) in [6.45, 7) is 0. The third kappa shape index (κ3) is 2.73. The Hall–Kier alpha value is -2.04. The highest BCUT2D eigenvalue weighted by atomic mass is 16.4. The van der Waals surface area contributed by atoms with Gasteiger partial charge in [-0.05, 0) is 48.8 Å². The minimum absolute atomic E-state index is 0.149. The van der Waals surface area contributed by atoms with E-state index >= 15 is 0 Å². The Morgan fingerprint density at radius 1 is 1.14 bits per heavy atom. The second-order valence-electron chi connectivity index (χ2n) is 6.13. The predicted molar refractivity (Wildman–Crippen MR) is 75.7 cm³/mol. The highest BCUT2D eigenvalue weighted by Crippen LogP contribution is 2.48. The number of aromatic hydroxyl groups is 1. The van der Waals surface area contributed by atoms with Gasteiger partial charge in [-0.3, -0.25) is 9.59 Å². The topological polar surface area (TPSA) is 86.6 Å². The molecule has 0 aliphatic heterocycles. The first-order valence-electron chi connectivity index (χ1n) is 7.34. The van der Waals surface area contributed by atoms with Crippen LogP contribution in [-0.2, 0) is 16.0 Å². The molecule has 2 saturated carbocycles. The zero-order chi connectivity index (χ0) is 15.0. The van der Waals surface area contributed by atoms with Crippen LogP contribution in [0.4, 0.5) is 0 Å². The first-order valence-corrected chi connectivity index (χ1v) is 7.34. The lowest BCUT2D eigenvalue weighted by Gasteiger charge is -2.28. The Morgan fingerprint density at radius 3 is 2.48 bits per heavy atom. The number of hydrogen-bond donors (Lipinski definition) is 3. The summed E-state index contributed by atoms with van der Waals surface area (Å²) in [6.07, 6.45) is 3.10. The molecule has 0 aromatic heterocycles. The maximum atomic E-state index is 12.1. The standard InChI is InChI=1S/C16H19NO4/c18-12-5-1-9(2-6-12)7-13(19)17-15-11-4-3-10(8-11)14(15)16(20)21/h1-2,5-6,10-11,14-15,18H,3-4,7-8H2,(H,17,19)(H,20,21). The number of aliphatic carboxylic acids is 1. The van der Waals surface area contributed by atoms with Gasteiger partial charge >= 0.3 is 5.97 Å². The zero-order valence-electron chi connectivity index (χ0n) is 11.7. The van der Waals surface area contributed by atoms with Gasteiger partial charge in [0.15, 0.2) is 0 Å². The van der Waals surface area contributed by atoms with Crippen LogP contribution in [0.25, 0.3) is 0 Å². The summed E-state index contributed by atoms with van der Waals surface area (Å²) in [4.78, 5) is 23.5. The fourth-order valence-corrected chi connectivity index (χ4v) is 3.89. The number of carboxylic acids is 1. The number of phenols is 1. The van der Waals surface area contributed by atoms with Crippen molar-refractivity contribution in [1.29, 1.82) is 0 Å². The lowest BCUT2D eigenvalue weighted by Crippen LogP contribution is -2.47. The van der Waals surface area contributed by atoms with E-state index in [2.05, 4.69) is 5.32 Å². The minimum atomic E-state index is -0.794. The molecule has 2 aliphatic rings. The van der Waals surface area contributed by atoms with Crippen LogP contribution >= 0.6 is 0 Å². The summed E-state index contributed by atoms with van der Waals surface area (Å²) in [5.41, 5.74) is 0.806. The van der Waals surface area contributed by atoms with Gasteiger partial charge in [0.1, 0.15) is 5.75 Å². The van der Waals surface area contributed by atoms with Gasteiger partial charge in [0.2, 0.25) is 5.91 Å². The number of rotatable bonds is 4. The van der Waals surface area contributed by atoms with Crippen molar-refractivity contribution in [3.8, 4) is 5.75 Å². The van der Waals surface area contributed by atoms with Gasteiger partial charge in [0.05, 0.1) is 12.3 Å². The number of carbonyl (C=O) groups excluding carboxylic acids is 1. The van der Waals surface area contributed by atoms with E-state index in [9.17, 15) is 19.8 Å². The normalized spacial score (nSPS) is 30.3. The number of amides is 1. The van der Waals surface area contributed by atoms with Gasteiger partial charge < -0.3 is 15.5 Å². The van der Waals surface area contributed by atoms with Gasteiger partial charge in [0.25, 0.3) is 0 Å². The van der Waals surface area contributed by atoms with Gasteiger partial charge in [-0.25, -0.2) is 0 Å². The number of nitrogens with one attached hydrogen (secondary N) is 1. The average Bonchev–Trinajstić information content (AvgIpc) is 3.02. The highest BCUT2D eigenvalue weighted by Gasteiger charge is 2.51. The molecular weight excluding hydrogens is 270 g/mol. The van der Waals surface area contributed by atoms with Gasteiger partial charge in [-0.15, -0.1) is 0 Å². The predicted octanol–water partition coefficient (Wildman–Crippen LogP) is 1.55. The van der Waals surface area contributed by atoms with Crippen molar-refractivity contribution in [2.45, 2.75) is 31.7 Å². The van der Waals surface area contributed by atoms with Crippen LogP contribution in [0.15, 0.2) is 24.3 Å². The van der Waals surface area contributed by atoms with Crippen LogP contribution < -0.4 is 5.32 Å². The molecule has 112 valence electrons. The van der Waals surface area contributed by atoms with Crippen molar-refractivity contribution in [3.05, 3.63) is 29.8 Å². The molecule has 21 heavy (non-hydrogen) atoms. The lowest BCUT2D eigenvalue weighted by molar-refractivity contribution is -0.144. The van der Waals surface area contributed by atoms with Crippen LogP contribution in [0, 0.1) is 17.8 Å². The number of phenolic OH excluding ortho intramolecular Hbond substituents is 1. The van der Waals surface area contributed by atoms with Crippen LogP contribution in [0.5, 0.6) is 5.75 Å². The van der Waals surface area contributed by atoms with Crippen molar-refractivity contribution in [2.24, 2.45) is 17.8 Å².